The molecule has 0 spiro atoms. The number of rotatable bonds is 5. The van der Waals surface area contributed by atoms with Crippen molar-refractivity contribution in [1.82, 2.24) is 19.7 Å². The van der Waals surface area contributed by atoms with Gasteiger partial charge < -0.3 is 14.8 Å². The topological polar surface area (TPSA) is 82.8 Å². The van der Waals surface area contributed by atoms with Gasteiger partial charge in [-0.15, -0.1) is 0 Å². The predicted octanol–water partition coefficient (Wildman–Crippen LogP) is 1.41. The van der Waals surface area contributed by atoms with Crippen molar-refractivity contribution in [3.05, 3.63) is 18.3 Å². The van der Waals surface area contributed by atoms with E-state index in [0.717, 1.165) is 18.8 Å². The molecule has 0 bridgehead atoms. The fourth-order valence-electron chi connectivity index (χ4n) is 1.46. The summed E-state index contributed by atoms with van der Waals surface area (Å²) in [5.41, 5.74) is 6.17. The third-order valence-electron chi connectivity index (χ3n) is 2.73. The summed E-state index contributed by atoms with van der Waals surface area (Å²) in [6.45, 7) is 5.48. The molecule has 2 aromatic rings. The molecule has 0 radical (unpaired) electrons. The molecular formula is C11H17N5O. The van der Waals surface area contributed by atoms with Gasteiger partial charge in [0.1, 0.15) is 5.69 Å². The third-order valence-corrected chi connectivity index (χ3v) is 2.73. The van der Waals surface area contributed by atoms with E-state index in [9.17, 15) is 0 Å². The highest BCUT2D eigenvalue weighted by Crippen LogP contribution is 2.20. The molecule has 2 heterocycles. The Hall–Kier alpha value is -1.69. The van der Waals surface area contributed by atoms with Crippen molar-refractivity contribution in [1.29, 1.82) is 0 Å². The van der Waals surface area contributed by atoms with E-state index in [1.165, 1.54) is 0 Å². The summed E-state index contributed by atoms with van der Waals surface area (Å²) in [4.78, 5) is 8.55. The van der Waals surface area contributed by atoms with E-state index in [2.05, 4.69) is 29.0 Å². The average molecular weight is 235 g/mol. The van der Waals surface area contributed by atoms with Crippen LogP contribution in [0.2, 0.25) is 0 Å². The van der Waals surface area contributed by atoms with Gasteiger partial charge in [-0.1, -0.05) is 19.0 Å². The average Bonchev–Trinajstić information content (AvgIpc) is 2.96. The Bertz CT molecular complexity index is 476. The van der Waals surface area contributed by atoms with Crippen molar-refractivity contribution in [3.63, 3.8) is 0 Å². The van der Waals surface area contributed by atoms with Crippen LogP contribution in [0.5, 0.6) is 0 Å². The SMILES string of the molecule is CCC(C)c1noc(-c2cn(CCN)cn2)n1. The van der Waals surface area contributed by atoms with Crippen LogP contribution in [0.25, 0.3) is 11.6 Å². The van der Waals surface area contributed by atoms with E-state index in [4.69, 9.17) is 10.3 Å². The summed E-state index contributed by atoms with van der Waals surface area (Å²) in [6, 6.07) is 0. The van der Waals surface area contributed by atoms with Crippen LogP contribution in [-0.4, -0.2) is 26.2 Å². The molecule has 0 saturated heterocycles. The monoisotopic (exact) mass is 235 g/mol. The fourth-order valence-corrected chi connectivity index (χ4v) is 1.46. The molecule has 0 saturated carbocycles. The fraction of sp³-hybridized carbons (Fsp3) is 0.545. The van der Waals surface area contributed by atoms with Gasteiger partial charge >= 0.3 is 0 Å². The van der Waals surface area contributed by atoms with Crippen molar-refractivity contribution in [3.8, 4) is 11.6 Å². The number of hydrogen-bond acceptors (Lipinski definition) is 5. The summed E-state index contributed by atoms with van der Waals surface area (Å²) in [5.74, 6) is 1.51. The third kappa shape index (κ3) is 2.52. The van der Waals surface area contributed by atoms with E-state index >= 15 is 0 Å². The number of imidazole rings is 1. The van der Waals surface area contributed by atoms with Gasteiger partial charge in [0.25, 0.3) is 5.89 Å². The van der Waals surface area contributed by atoms with Gasteiger partial charge in [-0.3, -0.25) is 0 Å². The maximum absolute atomic E-state index is 5.47. The Balaban J connectivity index is 2.18. The van der Waals surface area contributed by atoms with E-state index < -0.39 is 0 Å². The molecule has 92 valence electrons. The van der Waals surface area contributed by atoms with Crippen LogP contribution in [0.1, 0.15) is 32.0 Å². The summed E-state index contributed by atoms with van der Waals surface area (Å²) in [5, 5.41) is 3.96. The van der Waals surface area contributed by atoms with Gasteiger partial charge in [-0.25, -0.2) is 4.98 Å². The highest BCUT2D eigenvalue weighted by Gasteiger charge is 2.14. The van der Waals surface area contributed by atoms with Crippen molar-refractivity contribution in [2.45, 2.75) is 32.7 Å². The molecule has 6 heteroatoms. The zero-order valence-corrected chi connectivity index (χ0v) is 10.1. The largest absolute Gasteiger partial charge is 0.335 e. The smallest absolute Gasteiger partial charge is 0.278 e. The Morgan fingerprint density at radius 1 is 1.53 bits per heavy atom. The number of nitrogens with two attached hydrogens (primary N) is 1. The Labute approximate surface area is 99.8 Å². The van der Waals surface area contributed by atoms with E-state index in [-0.39, 0.29) is 0 Å². The van der Waals surface area contributed by atoms with Crippen LogP contribution in [0.3, 0.4) is 0 Å². The molecule has 2 N–H and O–H groups in total. The number of hydrogen-bond donors (Lipinski definition) is 1. The molecule has 0 aliphatic heterocycles. The van der Waals surface area contributed by atoms with E-state index in [1.807, 2.05) is 10.8 Å². The molecule has 0 fully saturated rings. The van der Waals surface area contributed by atoms with Crippen LogP contribution in [-0.2, 0) is 6.54 Å². The maximum Gasteiger partial charge on any atom is 0.278 e. The van der Waals surface area contributed by atoms with Crippen LogP contribution in [0.4, 0.5) is 0 Å². The van der Waals surface area contributed by atoms with E-state index in [0.29, 0.717) is 24.0 Å². The standard InChI is InChI=1S/C11H17N5O/c1-3-8(2)10-14-11(17-15-10)9-6-16(5-4-12)7-13-9/h6-8H,3-5,12H2,1-2H3. The van der Waals surface area contributed by atoms with Crippen molar-refractivity contribution in [2.24, 2.45) is 5.73 Å². The van der Waals surface area contributed by atoms with Gasteiger partial charge in [0.15, 0.2) is 5.82 Å². The summed E-state index contributed by atoms with van der Waals surface area (Å²) < 4.78 is 7.10. The normalized spacial score (nSPS) is 12.9. The zero-order chi connectivity index (χ0) is 12.3. The highest BCUT2D eigenvalue weighted by atomic mass is 16.5. The van der Waals surface area contributed by atoms with Gasteiger partial charge in [-0.2, -0.15) is 4.98 Å². The van der Waals surface area contributed by atoms with Gasteiger partial charge in [-0.05, 0) is 6.42 Å². The summed E-state index contributed by atoms with van der Waals surface area (Å²) in [7, 11) is 0. The van der Waals surface area contributed by atoms with Crippen LogP contribution >= 0.6 is 0 Å². The zero-order valence-electron chi connectivity index (χ0n) is 10.1. The first-order chi connectivity index (χ1) is 8.24. The van der Waals surface area contributed by atoms with Gasteiger partial charge in [0.2, 0.25) is 0 Å². The molecule has 2 aromatic heterocycles. The molecular weight excluding hydrogens is 218 g/mol. The van der Waals surface area contributed by atoms with Crippen molar-refractivity contribution < 1.29 is 4.52 Å². The lowest BCUT2D eigenvalue weighted by Crippen LogP contribution is -2.07. The first-order valence-corrected chi connectivity index (χ1v) is 5.80. The van der Waals surface area contributed by atoms with Gasteiger partial charge in [0.05, 0.1) is 6.33 Å². The van der Waals surface area contributed by atoms with Crippen LogP contribution in [0, 0.1) is 0 Å². The highest BCUT2D eigenvalue weighted by molar-refractivity contribution is 5.44. The van der Waals surface area contributed by atoms with Crippen molar-refractivity contribution in [2.75, 3.05) is 6.54 Å². The lowest BCUT2D eigenvalue weighted by atomic mass is 10.1. The molecule has 2 rings (SSSR count). The minimum absolute atomic E-state index is 0.304. The Kier molecular flexibility index (Phi) is 3.53. The molecule has 0 aromatic carbocycles. The Morgan fingerprint density at radius 3 is 3.06 bits per heavy atom. The first-order valence-electron chi connectivity index (χ1n) is 5.80. The molecule has 1 unspecified atom stereocenters. The second kappa shape index (κ2) is 5.09. The molecule has 17 heavy (non-hydrogen) atoms. The number of nitrogens with zero attached hydrogens (tertiary/aromatic N) is 4. The lowest BCUT2D eigenvalue weighted by Gasteiger charge is -1.98. The predicted molar refractivity (Wildman–Crippen MR) is 63.3 cm³/mol. The summed E-state index contributed by atoms with van der Waals surface area (Å²) in [6.07, 6.45) is 4.57. The first kappa shape index (κ1) is 11.8. The molecule has 0 amide bonds. The minimum atomic E-state index is 0.304. The maximum atomic E-state index is 5.47. The number of aromatic nitrogens is 4. The van der Waals surface area contributed by atoms with E-state index in [1.54, 1.807) is 6.33 Å². The van der Waals surface area contributed by atoms with Gasteiger partial charge in [0, 0.05) is 25.2 Å². The second-order valence-electron chi connectivity index (χ2n) is 4.05. The lowest BCUT2D eigenvalue weighted by molar-refractivity contribution is 0.415. The van der Waals surface area contributed by atoms with Crippen molar-refractivity contribution >= 4 is 0 Å². The minimum Gasteiger partial charge on any atom is -0.335 e. The molecule has 6 nitrogen and oxygen atoms in total. The molecule has 0 aliphatic carbocycles. The molecule has 1 atom stereocenters. The quantitative estimate of drug-likeness (QED) is 0.847. The Morgan fingerprint density at radius 2 is 2.35 bits per heavy atom. The van der Waals surface area contributed by atoms with Crippen LogP contribution in [0.15, 0.2) is 17.0 Å². The second-order valence-corrected chi connectivity index (χ2v) is 4.05. The summed E-state index contributed by atoms with van der Waals surface area (Å²) >= 11 is 0. The molecule has 0 aliphatic rings. The van der Waals surface area contributed by atoms with Crippen LogP contribution < -0.4 is 5.73 Å².